The standard InChI is InChI=1S/C23H28N2O4/c1-15-9-8-10-16(2)19(15)14-21(23(28)29-4)25-22(27)20(24-17(3)26)13-18-11-6-5-7-12-18/h5-12,20-21H,13-14H2,1-4H3,(H,24,26)(H,25,27)/t20-,21-/m0/s1. The smallest absolute Gasteiger partial charge is 0.328 e. The van der Waals surface area contributed by atoms with Crippen molar-refractivity contribution < 1.29 is 19.1 Å². The number of rotatable bonds is 8. The van der Waals surface area contributed by atoms with Crippen LogP contribution < -0.4 is 10.6 Å². The highest BCUT2D eigenvalue weighted by atomic mass is 16.5. The van der Waals surface area contributed by atoms with E-state index < -0.39 is 24.0 Å². The van der Waals surface area contributed by atoms with E-state index in [1.54, 1.807) is 0 Å². The van der Waals surface area contributed by atoms with Crippen LogP contribution in [0.5, 0.6) is 0 Å². The van der Waals surface area contributed by atoms with Crippen LogP contribution in [0.1, 0.15) is 29.2 Å². The molecule has 0 unspecified atom stereocenters. The molecular formula is C23H28N2O4. The minimum atomic E-state index is -0.848. The third kappa shape index (κ3) is 6.45. The predicted octanol–water partition coefficient (Wildman–Crippen LogP) is 2.25. The average Bonchev–Trinajstić information content (AvgIpc) is 2.69. The fourth-order valence-corrected chi connectivity index (χ4v) is 3.29. The van der Waals surface area contributed by atoms with Gasteiger partial charge in [0.15, 0.2) is 0 Å². The number of hydrogen-bond donors (Lipinski definition) is 2. The minimum absolute atomic E-state index is 0.314. The molecule has 2 aromatic carbocycles. The van der Waals surface area contributed by atoms with Gasteiger partial charge in [0.1, 0.15) is 12.1 Å². The van der Waals surface area contributed by atoms with E-state index in [-0.39, 0.29) is 5.91 Å². The molecule has 0 aliphatic rings. The molecule has 0 saturated carbocycles. The lowest BCUT2D eigenvalue weighted by Gasteiger charge is -2.23. The summed E-state index contributed by atoms with van der Waals surface area (Å²) in [5.74, 6) is -1.27. The first-order valence-electron chi connectivity index (χ1n) is 9.56. The van der Waals surface area contributed by atoms with Crippen molar-refractivity contribution in [2.24, 2.45) is 0 Å². The van der Waals surface area contributed by atoms with E-state index in [0.717, 1.165) is 22.3 Å². The second-order valence-corrected chi connectivity index (χ2v) is 7.10. The van der Waals surface area contributed by atoms with Gasteiger partial charge in [-0.15, -0.1) is 0 Å². The molecule has 0 radical (unpaired) electrons. The largest absolute Gasteiger partial charge is 0.467 e. The first kappa shape index (κ1) is 22.1. The van der Waals surface area contributed by atoms with Crippen LogP contribution in [0.4, 0.5) is 0 Å². The van der Waals surface area contributed by atoms with Crippen molar-refractivity contribution in [2.75, 3.05) is 7.11 Å². The lowest BCUT2D eigenvalue weighted by atomic mass is 9.96. The van der Waals surface area contributed by atoms with Crippen LogP contribution in [0.25, 0.3) is 0 Å². The predicted molar refractivity (Wildman–Crippen MR) is 111 cm³/mol. The molecule has 2 N–H and O–H groups in total. The summed E-state index contributed by atoms with van der Waals surface area (Å²) in [5.41, 5.74) is 3.97. The van der Waals surface area contributed by atoms with Crippen LogP contribution in [0.3, 0.4) is 0 Å². The SMILES string of the molecule is COC(=O)[C@H](Cc1c(C)cccc1C)NC(=O)[C@H](Cc1ccccc1)NC(C)=O. The van der Waals surface area contributed by atoms with Crippen LogP contribution in [0, 0.1) is 13.8 Å². The number of benzene rings is 2. The van der Waals surface area contributed by atoms with Crippen molar-refractivity contribution in [3.63, 3.8) is 0 Å². The van der Waals surface area contributed by atoms with Gasteiger partial charge in [-0.1, -0.05) is 48.5 Å². The zero-order chi connectivity index (χ0) is 21.4. The number of esters is 1. The molecule has 0 spiro atoms. The molecule has 0 aliphatic carbocycles. The number of methoxy groups -OCH3 is 1. The number of carbonyl (C=O) groups is 3. The van der Waals surface area contributed by atoms with Gasteiger partial charge in [0.05, 0.1) is 7.11 Å². The molecule has 6 heteroatoms. The first-order chi connectivity index (χ1) is 13.8. The Hall–Kier alpha value is -3.15. The number of hydrogen-bond acceptors (Lipinski definition) is 4. The maximum atomic E-state index is 12.9. The quantitative estimate of drug-likeness (QED) is 0.671. The molecule has 0 fully saturated rings. The van der Waals surface area contributed by atoms with Gasteiger partial charge in [0.25, 0.3) is 0 Å². The summed E-state index contributed by atoms with van der Waals surface area (Å²) in [6.07, 6.45) is 0.637. The van der Waals surface area contributed by atoms with E-state index in [4.69, 9.17) is 4.74 Å². The van der Waals surface area contributed by atoms with Crippen LogP contribution in [-0.2, 0) is 32.0 Å². The molecule has 2 amide bonds. The van der Waals surface area contributed by atoms with Gasteiger partial charge in [0, 0.05) is 19.8 Å². The molecule has 2 atom stereocenters. The number of carbonyl (C=O) groups excluding carboxylic acids is 3. The van der Waals surface area contributed by atoms with Crippen molar-refractivity contribution in [3.8, 4) is 0 Å². The maximum Gasteiger partial charge on any atom is 0.328 e. The number of ether oxygens (including phenoxy) is 1. The van der Waals surface area contributed by atoms with Crippen molar-refractivity contribution in [1.82, 2.24) is 10.6 Å². The highest BCUT2D eigenvalue weighted by molar-refractivity contribution is 5.90. The Morgan fingerprint density at radius 1 is 0.862 bits per heavy atom. The van der Waals surface area contributed by atoms with E-state index in [0.29, 0.717) is 12.8 Å². The molecule has 0 heterocycles. The van der Waals surface area contributed by atoms with Crippen LogP contribution in [0.15, 0.2) is 48.5 Å². The van der Waals surface area contributed by atoms with Crippen molar-refractivity contribution >= 4 is 17.8 Å². The van der Waals surface area contributed by atoms with E-state index in [2.05, 4.69) is 10.6 Å². The summed E-state index contributed by atoms with van der Waals surface area (Å²) < 4.78 is 4.90. The monoisotopic (exact) mass is 396 g/mol. The van der Waals surface area contributed by atoms with Crippen molar-refractivity contribution in [1.29, 1.82) is 0 Å². The van der Waals surface area contributed by atoms with E-state index >= 15 is 0 Å². The van der Waals surface area contributed by atoms with Gasteiger partial charge in [0.2, 0.25) is 11.8 Å². The summed E-state index contributed by atoms with van der Waals surface area (Å²) >= 11 is 0. The van der Waals surface area contributed by atoms with Crippen molar-refractivity contribution in [3.05, 3.63) is 70.8 Å². The Morgan fingerprint density at radius 3 is 2.03 bits per heavy atom. The fraction of sp³-hybridized carbons (Fsp3) is 0.348. The molecule has 6 nitrogen and oxygen atoms in total. The molecular weight excluding hydrogens is 368 g/mol. The summed E-state index contributed by atoms with van der Waals surface area (Å²) in [7, 11) is 1.29. The molecule has 29 heavy (non-hydrogen) atoms. The molecule has 0 bridgehead atoms. The molecule has 0 aromatic heterocycles. The summed E-state index contributed by atoms with van der Waals surface area (Å²) in [6.45, 7) is 5.29. The van der Waals surface area contributed by atoms with Crippen LogP contribution in [-0.4, -0.2) is 37.0 Å². The average molecular weight is 396 g/mol. The van der Waals surface area contributed by atoms with E-state index in [9.17, 15) is 14.4 Å². The zero-order valence-electron chi connectivity index (χ0n) is 17.3. The Labute approximate surface area is 171 Å². The number of aryl methyl sites for hydroxylation is 2. The van der Waals surface area contributed by atoms with Crippen molar-refractivity contribution in [2.45, 2.75) is 45.7 Å². The topological polar surface area (TPSA) is 84.5 Å². The van der Waals surface area contributed by atoms with Gasteiger partial charge in [-0.2, -0.15) is 0 Å². The van der Waals surface area contributed by atoms with Gasteiger partial charge in [-0.05, 0) is 36.1 Å². The van der Waals surface area contributed by atoms with E-state index in [1.165, 1.54) is 14.0 Å². The maximum absolute atomic E-state index is 12.9. The molecule has 2 rings (SSSR count). The highest BCUT2D eigenvalue weighted by Crippen LogP contribution is 2.16. The second kappa shape index (κ2) is 10.4. The van der Waals surface area contributed by atoms with Crippen LogP contribution in [0.2, 0.25) is 0 Å². The Morgan fingerprint density at radius 2 is 1.48 bits per heavy atom. The highest BCUT2D eigenvalue weighted by Gasteiger charge is 2.28. The summed E-state index contributed by atoms with van der Waals surface area (Å²) in [5, 5.41) is 5.44. The van der Waals surface area contributed by atoms with Gasteiger partial charge >= 0.3 is 5.97 Å². The lowest BCUT2D eigenvalue weighted by Crippen LogP contribution is -2.53. The molecule has 154 valence electrons. The number of nitrogens with one attached hydrogen (secondary N) is 2. The normalized spacial score (nSPS) is 12.6. The molecule has 0 aliphatic heterocycles. The summed E-state index contributed by atoms with van der Waals surface area (Å²) in [6, 6.07) is 13.6. The minimum Gasteiger partial charge on any atom is -0.467 e. The Bertz CT molecular complexity index is 844. The molecule has 2 aromatic rings. The second-order valence-electron chi connectivity index (χ2n) is 7.10. The Kier molecular flexibility index (Phi) is 7.95. The Balaban J connectivity index is 2.21. The first-order valence-corrected chi connectivity index (χ1v) is 9.56. The summed E-state index contributed by atoms with van der Waals surface area (Å²) in [4.78, 5) is 36.9. The van der Waals surface area contributed by atoms with E-state index in [1.807, 2.05) is 62.4 Å². The lowest BCUT2D eigenvalue weighted by molar-refractivity contribution is -0.145. The fourth-order valence-electron chi connectivity index (χ4n) is 3.29. The molecule has 0 saturated heterocycles. The zero-order valence-corrected chi connectivity index (χ0v) is 17.3. The van der Waals surface area contributed by atoms with Gasteiger partial charge in [-0.3, -0.25) is 9.59 Å². The van der Waals surface area contributed by atoms with Crippen LogP contribution >= 0.6 is 0 Å². The van der Waals surface area contributed by atoms with Gasteiger partial charge in [-0.25, -0.2) is 4.79 Å². The van der Waals surface area contributed by atoms with Gasteiger partial charge < -0.3 is 15.4 Å². The number of amides is 2. The third-order valence-electron chi connectivity index (χ3n) is 4.83. The third-order valence-corrected chi connectivity index (χ3v) is 4.83.